The highest BCUT2D eigenvalue weighted by molar-refractivity contribution is 5.25. The monoisotopic (exact) mass is 218 g/mol. The summed E-state index contributed by atoms with van der Waals surface area (Å²) in [6, 6.07) is 4.67. The minimum Gasteiger partial charge on any atom is -0.310 e. The molecule has 0 aliphatic rings. The van der Waals surface area contributed by atoms with Crippen LogP contribution in [0.1, 0.15) is 42.8 Å². The first-order valence-corrected chi connectivity index (χ1v) is 5.97. The van der Waals surface area contributed by atoms with Crippen molar-refractivity contribution < 1.29 is 0 Å². The normalized spacial score (nSPS) is 12.4. The summed E-state index contributed by atoms with van der Waals surface area (Å²) >= 11 is 0. The molecule has 0 aromatic carbocycles. The van der Waals surface area contributed by atoms with Gasteiger partial charge in [-0.2, -0.15) is 0 Å². The molecule has 16 heavy (non-hydrogen) atoms. The molecule has 1 aromatic rings. The van der Waals surface area contributed by atoms with Crippen molar-refractivity contribution in [1.29, 1.82) is 0 Å². The van der Waals surface area contributed by atoms with Crippen LogP contribution in [0.15, 0.2) is 24.8 Å². The molecule has 0 spiro atoms. The molecule has 0 fully saturated rings. The number of hydrogen-bond acceptors (Lipinski definition) is 2. The van der Waals surface area contributed by atoms with E-state index in [9.17, 15) is 0 Å². The standard InChI is InChI=1S/C14H22N2/c1-5-7-8-14(15-6-2)13-10-9-11(3)16-12(13)4/h5,9-10,14-15H,1,6-8H2,2-4H3. The maximum absolute atomic E-state index is 4.52. The van der Waals surface area contributed by atoms with Crippen LogP contribution in [0.5, 0.6) is 0 Å². The molecule has 0 aliphatic heterocycles. The van der Waals surface area contributed by atoms with Crippen LogP contribution in [0.2, 0.25) is 0 Å². The zero-order valence-electron chi connectivity index (χ0n) is 10.6. The fraction of sp³-hybridized carbons (Fsp3) is 0.500. The molecule has 2 heteroatoms. The van der Waals surface area contributed by atoms with Crippen LogP contribution >= 0.6 is 0 Å². The van der Waals surface area contributed by atoms with E-state index in [1.165, 1.54) is 5.56 Å². The molecular formula is C14H22N2. The molecule has 0 amide bonds. The van der Waals surface area contributed by atoms with Gasteiger partial charge in [0.25, 0.3) is 0 Å². The summed E-state index contributed by atoms with van der Waals surface area (Å²) in [6.07, 6.45) is 4.09. The smallest absolute Gasteiger partial charge is 0.0423 e. The summed E-state index contributed by atoms with van der Waals surface area (Å²) in [5.41, 5.74) is 3.53. The Morgan fingerprint density at radius 3 is 2.75 bits per heavy atom. The summed E-state index contributed by atoms with van der Waals surface area (Å²) in [5.74, 6) is 0. The van der Waals surface area contributed by atoms with Crippen LogP contribution in [0.4, 0.5) is 0 Å². The molecule has 0 bridgehead atoms. The van der Waals surface area contributed by atoms with Gasteiger partial charge in [0.1, 0.15) is 0 Å². The molecule has 2 nitrogen and oxygen atoms in total. The van der Waals surface area contributed by atoms with E-state index in [-0.39, 0.29) is 0 Å². The molecule has 88 valence electrons. The van der Waals surface area contributed by atoms with Crippen molar-refractivity contribution in [1.82, 2.24) is 10.3 Å². The lowest BCUT2D eigenvalue weighted by atomic mass is 10.0. The highest BCUT2D eigenvalue weighted by Crippen LogP contribution is 2.21. The van der Waals surface area contributed by atoms with Gasteiger partial charge in [0.05, 0.1) is 0 Å². The van der Waals surface area contributed by atoms with Crippen LogP contribution in [0.3, 0.4) is 0 Å². The van der Waals surface area contributed by atoms with Crippen molar-refractivity contribution in [2.75, 3.05) is 6.54 Å². The summed E-state index contributed by atoms with van der Waals surface area (Å²) in [6.45, 7) is 11.0. The molecule has 1 N–H and O–H groups in total. The number of aromatic nitrogens is 1. The molecule has 0 saturated carbocycles. The fourth-order valence-corrected chi connectivity index (χ4v) is 1.96. The summed E-state index contributed by atoms with van der Waals surface area (Å²) in [5, 5.41) is 3.51. The SMILES string of the molecule is C=CCCC(NCC)c1ccc(C)nc1C. The number of nitrogens with one attached hydrogen (secondary N) is 1. The Labute approximate surface area is 98.8 Å². The van der Waals surface area contributed by atoms with Gasteiger partial charge in [-0.1, -0.05) is 19.1 Å². The van der Waals surface area contributed by atoms with Gasteiger partial charge in [-0.05, 0) is 44.9 Å². The number of pyridine rings is 1. The molecular weight excluding hydrogens is 196 g/mol. The quantitative estimate of drug-likeness (QED) is 0.741. The lowest BCUT2D eigenvalue weighted by Gasteiger charge is -2.19. The minimum absolute atomic E-state index is 0.399. The second-order valence-corrected chi connectivity index (χ2v) is 4.10. The lowest BCUT2D eigenvalue weighted by molar-refractivity contribution is 0.515. The number of nitrogens with zero attached hydrogens (tertiary/aromatic N) is 1. The molecule has 1 unspecified atom stereocenters. The van der Waals surface area contributed by atoms with Gasteiger partial charge in [-0.15, -0.1) is 6.58 Å². The van der Waals surface area contributed by atoms with Crippen LogP contribution < -0.4 is 5.32 Å². The van der Waals surface area contributed by atoms with Gasteiger partial charge in [0.2, 0.25) is 0 Å². The molecule has 1 heterocycles. The predicted octanol–water partition coefficient (Wildman–Crippen LogP) is 3.32. The maximum Gasteiger partial charge on any atom is 0.0423 e. The van der Waals surface area contributed by atoms with E-state index < -0.39 is 0 Å². The number of rotatable bonds is 6. The Morgan fingerprint density at radius 2 is 2.19 bits per heavy atom. The first-order valence-electron chi connectivity index (χ1n) is 5.97. The Morgan fingerprint density at radius 1 is 1.44 bits per heavy atom. The van der Waals surface area contributed by atoms with E-state index in [2.05, 4.69) is 42.9 Å². The predicted molar refractivity (Wildman–Crippen MR) is 69.6 cm³/mol. The topological polar surface area (TPSA) is 24.9 Å². The van der Waals surface area contributed by atoms with Crippen LogP contribution in [0.25, 0.3) is 0 Å². The van der Waals surface area contributed by atoms with E-state index in [4.69, 9.17) is 0 Å². The molecule has 0 saturated heterocycles. The summed E-state index contributed by atoms with van der Waals surface area (Å²) < 4.78 is 0. The first kappa shape index (κ1) is 12.9. The second-order valence-electron chi connectivity index (χ2n) is 4.10. The van der Waals surface area contributed by atoms with E-state index in [1.807, 2.05) is 13.0 Å². The van der Waals surface area contributed by atoms with Crippen LogP contribution in [-0.2, 0) is 0 Å². The average molecular weight is 218 g/mol. The number of hydrogen-bond donors (Lipinski definition) is 1. The molecule has 1 aromatic heterocycles. The Kier molecular flexibility index (Phi) is 5.20. The van der Waals surface area contributed by atoms with Gasteiger partial charge in [0, 0.05) is 17.4 Å². The second kappa shape index (κ2) is 6.44. The average Bonchev–Trinajstić information content (AvgIpc) is 2.25. The van der Waals surface area contributed by atoms with Crippen molar-refractivity contribution in [3.8, 4) is 0 Å². The Bertz CT molecular complexity index is 345. The zero-order valence-corrected chi connectivity index (χ0v) is 10.6. The largest absolute Gasteiger partial charge is 0.310 e. The van der Waals surface area contributed by atoms with Crippen molar-refractivity contribution >= 4 is 0 Å². The van der Waals surface area contributed by atoms with Gasteiger partial charge < -0.3 is 5.32 Å². The van der Waals surface area contributed by atoms with Crippen molar-refractivity contribution in [3.63, 3.8) is 0 Å². The first-order chi connectivity index (χ1) is 7.69. The highest BCUT2D eigenvalue weighted by Gasteiger charge is 2.12. The Hall–Kier alpha value is -1.15. The maximum atomic E-state index is 4.52. The van der Waals surface area contributed by atoms with Crippen LogP contribution in [0, 0.1) is 13.8 Å². The van der Waals surface area contributed by atoms with Gasteiger partial charge in [-0.3, -0.25) is 4.98 Å². The molecule has 0 aliphatic carbocycles. The number of allylic oxidation sites excluding steroid dienone is 1. The van der Waals surface area contributed by atoms with E-state index in [0.717, 1.165) is 30.8 Å². The van der Waals surface area contributed by atoms with E-state index in [1.54, 1.807) is 0 Å². The third kappa shape index (κ3) is 3.46. The van der Waals surface area contributed by atoms with Gasteiger partial charge in [0.15, 0.2) is 0 Å². The van der Waals surface area contributed by atoms with Crippen molar-refractivity contribution in [2.24, 2.45) is 0 Å². The van der Waals surface area contributed by atoms with E-state index in [0.29, 0.717) is 6.04 Å². The fourth-order valence-electron chi connectivity index (χ4n) is 1.96. The van der Waals surface area contributed by atoms with E-state index >= 15 is 0 Å². The molecule has 1 atom stereocenters. The Balaban J connectivity index is 2.86. The third-order valence-corrected chi connectivity index (χ3v) is 2.75. The molecule has 0 radical (unpaired) electrons. The van der Waals surface area contributed by atoms with Gasteiger partial charge >= 0.3 is 0 Å². The lowest BCUT2D eigenvalue weighted by Crippen LogP contribution is -2.22. The molecule has 1 rings (SSSR count). The summed E-state index contributed by atoms with van der Waals surface area (Å²) in [4.78, 5) is 4.52. The zero-order chi connectivity index (χ0) is 12.0. The third-order valence-electron chi connectivity index (χ3n) is 2.75. The van der Waals surface area contributed by atoms with Crippen molar-refractivity contribution in [2.45, 2.75) is 39.7 Å². The van der Waals surface area contributed by atoms with Crippen molar-refractivity contribution in [3.05, 3.63) is 41.7 Å². The minimum atomic E-state index is 0.399. The summed E-state index contributed by atoms with van der Waals surface area (Å²) in [7, 11) is 0. The van der Waals surface area contributed by atoms with Gasteiger partial charge in [-0.25, -0.2) is 0 Å². The number of aryl methyl sites for hydroxylation is 2. The highest BCUT2D eigenvalue weighted by atomic mass is 14.9. The van der Waals surface area contributed by atoms with Crippen LogP contribution in [-0.4, -0.2) is 11.5 Å².